The molecule has 0 bridgehead atoms. The lowest BCUT2D eigenvalue weighted by atomic mass is 10.0. The van der Waals surface area contributed by atoms with Crippen molar-refractivity contribution in [2.45, 2.75) is 13.8 Å². The lowest BCUT2D eigenvalue weighted by Crippen LogP contribution is -2.02. The highest BCUT2D eigenvalue weighted by Crippen LogP contribution is 2.41. The van der Waals surface area contributed by atoms with Gasteiger partial charge in [-0.25, -0.2) is 4.79 Å². The van der Waals surface area contributed by atoms with E-state index in [1.54, 1.807) is 13.8 Å². The molecule has 0 fully saturated rings. The van der Waals surface area contributed by atoms with E-state index in [9.17, 15) is 15.0 Å². The average molecular weight is 261 g/mol. The summed E-state index contributed by atoms with van der Waals surface area (Å²) in [6.07, 6.45) is 0. The van der Waals surface area contributed by atoms with Gasteiger partial charge in [0.1, 0.15) is 5.56 Å². The summed E-state index contributed by atoms with van der Waals surface area (Å²) in [6, 6.07) is 0. The number of halogens is 1. The van der Waals surface area contributed by atoms with E-state index >= 15 is 0 Å². The molecule has 0 aromatic heterocycles. The molecule has 1 aromatic rings. The Morgan fingerprint density at radius 2 is 1.64 bits per heavy atom. The van der Waals surface area contributed by atoms with Crippen LogP contribution in [0.15, 0.2) is 4.47 Å². The van der Waals surface area contributed by atoms with E-state index in [0.717, 1.165) is 0 Å². The number of phenolic OH excluding ortho intramolecular Hbond substituents is 1. The molecule has 1 aromatic carbocycles. The van der Waals surface area contributed by atoms with Crippen molar-refractivity contribution in [2.24, 2.45) is 0 Å². The third-order valence-corrected chi connectivity index (χ3v) is 3.12. The number of aromatic carboxylic acids is 1. The predicted molar refractivity (Wildman–Crippen MR) is 53.9 cm³/mol. The minimum absolute atomic E-state index is 0.261. The minimum atomic E-state index is -1.26. The van der Waals surface area contributed by atoms with E-state index in [1.807, 2.05) is 0 Å². The van der Waals surface area contributed by atoms with Gasteiger partial charge in [0.05, 0.1) is 4.47 Å². The molecule has 0 aliphatic rings. The molecule has 0 aliphatic carbocycles. The third kappa shape index (κ3) is 1.43. The van der Waals surface area contributed by atoms with Crippen molar-refractivity contribution in [1.29, 1.82) is 0 Å². The monoisotopic (exact) mass is 260 g/mol. The molecule has 0 saturated heterocycles. The van der Waals surface area contributed by atoms with Crippen molar-refractivity contribution in [3.05, 3.63) is 21.2 Å². The largest absolute Gasteiger partial charge is 0.504 e. The highest BCUT2D eigenvalue weighted by Gasteiger charge is 2.21. The first-order valence-corrected chi connectivity index (χ1v) is 4.61. The van der Waals surface area contributed by atoms with Crippen LogP contribution in [0.3, 0.4) is 0 Å². The quantitative estimate of drug-likeness (QED) is 0.677. The number of hydrogen-bond donors (Lipinski definition) is 3. The molecular formula is C9H9BrO4. The Labute approximate surface area is 88.9 Å². The third-order valence-electron chi connectivity index (χ3n) is 2.15. The van der Waals surface area contributed by atoms with Gasteiger partial charge >= 0.3 is 5.97 Å². The first-order chi connectivity index (χ1) is 6.37. The van der Waals surface area contributed by atoms with Crippen molar-refractivity contribution in [2.75, 3.05) is 0 Å². The number of rotatable bonds is 1. The van der Waals surface area contributed by atoms with Crippen LogP contribution in [-0.2, 0) is 0 Å². The van der Waals surface area contributed by atoms with Gasteiger partial charge in [0, 0.05) is 0 Å². The number of carbonyl (C=O) groups is 1. The van der Waals surface area contributed by atoms with Gasteiger partial charge in [-0.15, -0.1) is 0 Å². The molecule has 0 amide bonds. The molecule has 0 spiro atoms. The Kier molecular flexibility index (Phi) is 2.71. The van der Waals surface area contributed by atoms with Crippen molar-refractivity contribution < 1.29 is 20.1 Å². The zero-order valence-corrected chi connectivity index (χ0v) is 9.21. The summed E-state index contributed by atoms with van der Waals surface area (Å²) in [5.74, 6) is -2.30. The maximum atomic E-state index is 10.8. The molecule has 76 valence electrons. The van der Waals surface area contributed by atoms with E-state index in [2.05, 4.69) is 15.9 Å². The molecule has 0 atom stereocenters. The van der Waals surface area contributed by atoms with Gasteiger partial charge in [-0.3, -0.25) is 0 Å². The summed E-state index contributed by atoms with van der Waals surface area (Å²) >= 11 is 3.06. The summed E-state index contributed by atoms with van der Waals surface area (Å²) in [5, 5.41) is 27.6. The van der Waals surface area contributed by atoms with E-state index in [-0.39, 0.29) is 5.56 Å². The SMILES string of the molecule is Cc1c(C)c(C(=O)O)c(O)c(O)c1Br. The van der Waals surface area contributed by atoms with Gasteiger partial charge in [0.25, 0.3) is 0 Å². The Bertz CT molecular complexity index is 383. The van der Waals surface area contributed by atoms with Crippen LogP contribution in [0, 0.1) is 13.8 Å². The first-order valence-electron chi connectivity index (χ1n) is 3.81. The molecule has 0 heterocycles. The molecule has 0 aliphatic heterocycles. The Balaban J connectivity index is 3.68. The zero-order chi connectivity index (χ0) is 11.0. The molecule has 0 radical (unpaired) electrons. The van der Waals surface area contributed by atoms with Gasteiger partial charge < -0.3 is 15.3 Å². The number of phenols is 2. The Morgan fingerprint density at radius 3 is 2.07 bits per heavy atom. The highest BCUT2D eigenvalue weighted by atomic mass is 79.9. The summed E-state index contributed by atoms with van der Waals surface area (Å²) in [4.78, 5) is 10.8. The van der Waals surface area contributed by atoms with Crippen molar-refractivity contribution in [1.82, 2.24) is 0 Å². The summed E-state index contributed by atoms with van der Waals surface area (Å²) < 4.78 is 0.317. The summed E-state index contributed by atoms with van der Waals surface area (Å²) in [5.41, 5.74) is 0.764. The maximum absolute atomic E-state index is 10.8. The van der Waals surface area contributed by atoms with E-state index in [0.29, 0.717) is 15.6 Å². The highest BCUT2D eigenvalue weighted by molar-refractivity contribution is 9.10. The fraction of sp³-hybridized carbons (Fsp3) is 0.222. The number of carboxylic acid groups (broad SMARTS) is 1. The maximum Gasteiger partial charge on any atom is 0.339 e. The van der Waals surface area contributed by atoms with Gasteiger partial charge in [0.15, 0.2) is 11.5 Å². The number of carboxylic acids is 1. The van der Waals surface area contributed by atoms with E-state index < -0.39 is 17.5 Å². The molecule has 4 nitrogen and oxygen atoms in total. The van der Waals surface area contributed by atoms with Crippen LogP contribution >= 0.6 is 15.9 Å². The lowest BCUT2D eigenvalue weighted by Gasteiger charge is -2.11. The Morgan fingerprint density at radius 1 is 1.14 bits per heavy atom. The number of hydrogen-bond acceptors (Lipinski definition) is 3. The van der Waals surface area contributed by atoms with Crippen LogP contribution < -0.4 is 0 Å². The van der Waals surface area contributed by atoms with Crippen LogP contribution in [0.25, 0.3) is 0 Å². The Hall–Kier alpha value is -1.23. The van der Waals surface area contributed by atoms with Crippen molar-refractivity contribution in [3.8, 4) is 11.5 Å². The van der Waals surface area contributed by atoms with E-state index in [1.165, 1.54) is 0 Å². The van der Waals surface area contributed by atoms with Crippen LogP contribution in [0.5, 0.6) is 11.5 Å². The van der Waals surface area contributed by atoms with E-state index in [4.69, 9.17) is 5.11 Å². The van der Waals surface area contributed by atoms with Gasteiger partial charge in [-0.1, -0.05) is 0 Å². The molecule has 0 saturated carbocycles. The summed E-state index contributed by atoms with van der Waals surface area (Å²) in [7, 11) is 0. The van der Waals surface area contributed by atoms with Crippen LogP contribution in [0.2, 0.25) is 0 Å². The predicted octanol–water partition coefficient (Wildman–Crippen LogP) is 2.18. The van der Waals surface area contributed by atoms with Crippen molar-refractivity contribution >= 4 is 21.9 Å². The normalized spacial score (nSPS) is 10.2. The molecule has 1 rings (SSSR count). The van der Waals surface area contributed by atoms with Crippen molar-refractivity contribution in [3.63, 3.8) is 0 Å². The average Bonchev–Trinajstić information content (AvgIpc) is 2.11. The van der Waals surface area contributed by atoms with Gasteiger partial charge in [-0.05, 0) is 40.9 Å². The molecular weight excluding hydrogens is 252 g/mol. The number of benzene rings is 1. The fourth-order valence-corrected chi connectivity index (χ4v) is 1.68. The molecule has 14 heavy (non-hydrogen) atoms. The standard InChI is InChI=1S/C9H9BrO4/c1-3-4(2)6(10)8(12)7(11)5(3)9(13)14/h11-12H,1-2H3,(H,13,14). The summed E-state index contributed by atoms with van der Waals surface area (Å²) in [6.45, 7) is 3.23. The molecule has 3 N–H and O–H groups in total. The zero-order valence-electron chi connectivity index (χ0n) is 7.63. The van der Waals surface area contributed by atoms with Crippen LogP contribution in [0.4, 0.5) is 0 Å². The second-order valence-corrected chi connectivity index (χ2v) is 3.73. The fourth-order valence-electron chi connectivity index (χ4n) is 1.19. The first kappa shape index (κ1) is 10.8. The second kappa shape index (κ2) is 3.49. The topological polar surface area (TPSA) is 77.8 Å². The molecule has 5 heteroatoms. The van der Waals surface area contributed by atoms with Gasteiger partial charge in [-0.2, -0.15) is 0 Å². The van der Waals surface area contributed by atoms with Crippen LogP contribution in [-0.4, -0.2) is 21.3 Å². The second-order valence-electron chi connectivity index (χ2n) is 2.94. The number of aromatic hydroxyl groups is 2. The van der Waals surface area contributed by atoms with Gasteiger partial charge in [0.2, 0.25) is 0 Å². The minimum Gasteiger partial charge on any atom is -0.504 e. The molecule has 0 unspecified atom stereocenters. The van der Waals surface area contributed by atoms with Crippen LogP contribution in [0.1, 0.15) is 21.5 Å². The smallest absolute Gasteiger partial charge is 0.339 e. The lowest BCUT2D eigenvalue weighted by molar-refractivity contribution is 0.0692.